The van der Waals surface area contributed by atoms with Crippen LogP contribution in [0.4, 0.5) is 4.39 Å². The first-order valence-electron chi connectivity index (χ1n) is 9.21. The molecule has 1 saturated heterocycles. The van der Waals surface area contributed by atoms with Crippen molar-refractivity contribution in [1.82, 2.24) is 14.9 Å². The van der Waals surface area contributed by atoms with E-state index in [4.69, 9.17) is 0 Å². The number of halogens is 1. The number of likely N-dealkylation sites (tertiary alicyclic amines) is 1. The second-order valence-corrected chi connectivity index (χ2v) is 7.31. The van der Waals surface area contributed by atoms with Crippen LogP contribution >= 0.6 is 0 Å². The van der Waals surface area contributed by atoms with E-state index in [2.05, 4.69) is 34.9 Å². The Hall–Kier alpha value is -2.46. The van der Waals surface area contributed by atoms with Crippen molar-refractivity contribution in [3.8, 4) is 22.4 Å². The maximum absolute atomic E-state index is 13.4. The Kier molecular flexibility index (Phi) is 4.60. The van der Waals surface area contributed by atoms with Crippen LogP contribution in [0.1, 0.15) is 31.4 Å². The van der Waals surface area contributed by atoms with E-state index >= 15 is 0 Å². The predicted octanol–water partition coefficient (Wildman–Crippen LogP) is 5.08. The number of pyridine rings is 1. The number of aromatic nitrogens is 2. The third-order valence-corrected chi connectivity index (χ3v) is 5.61. The summed E-state index contributed by atoms with van der Waals surface area (Å²) >= 11 is 0. The highest BCUT2D eigenvalue weighted by Gasteiger charge is 2.26. The molecule has 0 spiro atoms. The van der Waals surface area contributed by atoms with Gasteiger partial charge < -0.3 is 9.88 Å². The number of rotatable bonds is 3. The predicted molar refractivity (Wildman–Crippen MR) is 103 cm³/mol. The smallest absolute Gasteiger partial charge is 0.123 e. The first-order chi connectivity index (χ1) is 12.6. The summed E-state index contributed by atoms with van der Waals surface area (Å²) in [5, 5.41) is 0. The zero-order chi connectivity index (χ0) is 18.1. The summed E-state index contributed by atoms with van der Waals surface area (Å²) in [6, 6.07) is 13.6. The fourth-order valence-corrected chi connectivity index (χ4v) is 3.87. The molecular weight excluding hydrogens is 325 g/mol. The molecule has 1 fully saturated rings. The molecule has 0 bridgehead atoms. The summed E-state index contributed by atoms with van der Waals surface area (Å²) in [6.45, 7) is 3.40. The van der Waals surface area contributed by atoms with Crippen LogP contribution in [0.3, 0.4) is 0 Å². The van der Waals surface area contributed by atoms with E-state index in [-0.39, 0.29) is 5.82 Å². The molecule has 4 rings (SSSR count). The lowest BCUT2D eigenvalue weighted by Gasteiger charge is -2.34. The van der Waals surface area contributed by atoms with Crippen LogP contribution in [0.5, 0.6) is 0 Å². The van der Waals surface area contributed by atoms with Gasteiger partial charge in [-0.1, -0.05) is 0 Å². The second-order valence-electron chi connectivity index (χ2n) is 7.31. The van der Waals surface area contributed by atoms with Crippen molar-refractivity contribution in [1.29, 1.82) is 0 Å². The van der Waals surface area contributed by atoms with Gasteiger partial charge in [0, 0.05) is 35.6 Å². The Morgan fingerprint density at radius 2 is 1.81 bits per heavy atom. The first kappa shape index (κ1) is 17.0. The summed E-state index contributed by atoms with van der Waals surface area (Å²) < 4.78 is 13.4. The van der Waals surface area contributed by atoms with Crippen molar-refractivity contribution in [3.05, 3.63) is 66.4 Å². The zero-order valence-electron chi connectivity index (χ0n) is 15.2. The lowest BCUT2D eigenvalue weighted by Crippen LogP contribution is -2.36. The third kappa shape index (κ3) is 3.29. The number of hydrogen-bond donors (Lipinski definition) is 1. The molecule has 2 atom stereocenters. The molecule has 0 radical (unpaired) electrons. The molecule has 1 aliphatic rings. The summed E-state index contributed by atoms with van der Waals surface area (Å²) in [5.74, 6) is 0.311. The quantitative estimate of drug-likeness (QED) is 0.715. The number of nitrogens with one attached hydrogen (secondary N) is 1. The van der Waals surface area contributed by atoms with E-state index in [0.29, 0.717) is 12.0 Å². The highest BCUT2D eigenvalue weighted by molar-refractivity contribution is 5.82. The van der Waals surface area contributed by atoms with Crippen molar-refractivity contribution in [3.63, 3.8) is 0 Å². The van der Waals surface area contributed by atoms with Gasteiger partial charge in [0.15, 0.2) is 0 Å². The molecule has 3 aromatic rings. The molecule has 0 amide bonds. The normalized spacial score (nSPS) is 21.0. The Balaban J connectivity index is 1.77. The van der Waals surface area contributed by atoms with Crippen molar-refractivity contribution < 1.29 is 4.39 Å². The minimum Gasteiger partial charge on any atom is -0.358 e. The molecule has 26 heavy (non-hydrogen) atoms. The molecule has 1 aromatic carbocycles. The maximum atomic E-state index is 13.4. The summed E-state index contributed by atoms with van der Waals surface area (Å²) in [5.41, 5.74) is 5.61. The van der Waals surface area contributed by atoms with Crippen LogP contribution in [0.15, 0.2) is 54.9 Å². The van der Waals surface area contributed by atoms with Crippen molar-refractivity contribution in [2.45, 2.75) is 31.7 Å². The van der Waals surface area contributed by atoms with Gasteiger partial charge in [0.25, 0.3) is 0 Å². The number of hydrogen-bond acceptors (Lipinski definition) is 2. The molecule has 3 nitrogen and oxygen atoms in total. The fraction of sp³-hybridized carbons (Fsp3) is 0.318. The van der Waals surface area contributed by atoms with Gasteiger partial charge in [-0.2, -0.15) is 0 Å². The molecular formula is C22H24FN3. The van der Waals surface area contributed by atoms with Gasteiger partial charge in [-0.05, 0) is 86.9 Å². The topological polar surface area (TPSA) is 31.9 Å². The molecule has 0 unspecified atom stereocenters. The number of nitrogens with zero attached hydrogens (tertiary/aromatic N) is 2. The number of benzene rings is 1. The Labute approximate surface area is 153 Å². The van der Waals surface area contributed by atoms with Crippen LogP contribution in [0.2, 0.25) is 0 Å². The lowest BCUT2D eigenvalue weighted by atomic mass is 9.89. The van der Waals surface area contributed by atoms with Gasteiger partial charge in [-0.3, -0.25) is 4.98 Å². The van der Waals surface area contributed by atoms with Crippen LogP contribution in [-0.4, -0.2) is 34.5 Å². The fourth-order valence-electron chi connectivity index (χ4n) is 3.87. The second kappa shape index (κ2) is 7.04. The highest BCUT2D eigenvalue weighted by atomic mass is 19.1. The van der Waals surface area contributed by atoms with E-state index < -0.39 is 0 Å². The minimum absolute atomic E-state index is 0.213. The summed E-state index contributed by atoms with van der Waals surface area (Å²) in [6.07, 6.45) is 5.93. The molecule has 1 aliphatic heterocycles. The van der Waals surface area contributed by atoms with Gasteiger partial charge in [-0.15, -0.1) is 0 Å². The van der Waals surface area contributed by atoms with E-state index in [0.717, 1.165) is 41.8 Å². The molecule has 0 saturated carbocycles. The van der Waals surface area contributed by atoms with Gasteiger partial charge >= 0.3 is 0 Å². The van der Waals surface area contributed by atoms with Crippen molar-refractivity contribution in [2.24, 2.45) is 0 Å². The highest BCUT2D eigenvalue weighted by Crippen LogP contribution is 2.38. The van der Waals surface area contributed by atoms with Crippen LogP contribution in [0.25, 0.3) is 22.4 Å². The van der Waals surface area contributed by atoms with Gasteiger partial charge in [0.2, 0.25) is 0 Å². The molecule has 0 aliphatic carbocycles. The molecule has 2 aromatic heterocycles. The Bertz CT molecular complexity index is 870. The zero-order valence-corrected chi connectivity index (χ0v) is 15.2. The maximum Gasteiger partial charge on any atom is 0.123 e. The van der Waals surface area contributed by atoms with Crippen LogP contribution < -0.4 is 0 Å². The summed E-state index contributed by atoms with van der Waals surface area (Å²) in [4.78, 5) is 10.2. The average molecular weight is 349 g/mol. The van der Waals surface area contributed by atoms with Gasteiger partial charge in [0.1, 0.15) is 5.82 Å². The van der Waals surface area contributed by atoms with Crippen LogP contribution in [0, 0.1) is 5.82 Å². The average Bonchev–Trinajstić information content (AvgIpc) is 3.11. The first-order valence-corrected chi connectivity index (χ1v) is 9.21. The van der Waals surface area contributed by atoms with Crippen molar-refractivity contribution in [2.75, 3.05) is 13.6 Å². The number of piperidine rings is 1. The van der Waals surface area contributed by atoms with Crippen LogP contribution in [-0.2, 0) is 0 Å². The SMILES string of the molecule is C[C@@H]1C[C@@H](c2cc(-c3ccncc3)c(-c3ccc(F)cc3)[nH]2)CCN1C. The van der Waals surface area contributed by atoms with E-state index in [1.165, 1.54) is 17.8 Å². The van der Waals surface area contributed by atoms with E-state index in [1.54, 1.807) is 0 Å². The molecule has 3 heterocycles. The third-order valence-electron chi connectivity index (χ3n) is 5.61. The molecule has 1 N–H and O–H groups in total. The largest absolute Gasteiger partial charge is 0.358 e. The minimum atomic E-state index is -0.213. The Morgan fingerprint density at radius 1 is 1.08 bits per heavy atom. The Morgan fingerprint density at radius 3 is 2.50 bits per heavy atom. The van der Waals surface area contributed by atoms with E-state index in [9.17, 15) is 4.39 Å². The number of aromatic amines is 1. The monoisotopic (exact) mass is 349 g/mol. The van der Waals surface area contributed by atoms with Crippen molar-refractivity contribution >= 4 is 0 Å². The van der Waals surface area contributed by atoms with Gasteiger partial charge in [0.05, 0.1) is 5.69 Å². The lowest BCUT2D eigenvalue weighted by molar-refractivity contribution is 0.181. The van der Waals surface area contributed by atoms with Gasteiger partial charge in [-0.25, -0.2) is 4.39 Å². The van der Waals surface area contributed by atoms with E-state index in [1.807, 2.05) is 36.7 Å². The summed E-state index contributed by atoms with van der Waals surface area (Å²) in [7, 11) is 2.20. The number of H-pyrrole nitrogens is 1. The molecule has 4 heteroatoms. The standard InChI is InChI=1S/C22H24FN3/c1-15-13-18(9-12-26(15)2)21-14-20(16-7-10-24-11-8-16)22(25-21)17-3-5-19(23)6-4-17/h3-8,10-11,14-15,18,25H,9,12-13H2,1-2H3/t15-,18+/m1/s1. The molecule has 134 valence electrons.